The molecule has 7 nitrogen and oxygen atoms in total. The second-order valence-corrected chi connectivity index (χ2v) is 10.0. The molecule has 0 unspecified atom stereocenters. The van der Waals surface area contributed by atoms with E-state index >= 15 is 0 Å². The fourth-order valence-electron chi connectivity index (χ4n) is 3.86. The number of esters is 1. The summed E-state index contributed by atoms with van der Waals surface area (Å²) >= 11 is 2.55. The van der Waals surface area contributed by atoms with E-state index in [1.165, 1.54) is 30.0 Å². The van der Waals surface area contributed by atoms with Gasteiger partial charge in [0.15, 0.2) is 10.9 Å². The topological polar surface area (TPSA) is 87.5 Å². The fourth-order valence-corrected chi connectivity index (χ4v) is 5.95. The summed E-state index contributed by atoms with van der Waals surface area (Å²) in [6.45, 7) is 5.60. The van der Waals surface area contributed by atoms with Crippen LogP contribution in [0.3, 0.4) is 0 Å². The van der Waals surface area contributed by atoms with Gasteiger partial charge in [-0.25, -0.2) is 9.78 Å². The van der Waals surface area contributed by atoms with Crippen LogP contribution in [-0.4, -0.2) is 35.0 Å². The van der Waals surface area contributed by atoms with Gasteiger partial charge in [-0.1, -0.05) is 42.1 Å². The summed E-state index contributed by atoms with van der Waals surface area (Å²) in [6.07, 6.45) is 0. The number of aromatic nitrogens is 2. The number of benzene rings is 2. The third-order valence-electron chi connectivity index (χ3n) is 5.70. The van der Waals surface area contributed by atoms with Crippen molar-refractivity contribution in [3.63, 3.8) is 0 Å². The summed E-state index contributed by atoms with van der Waals surface area (Å²) in [4.78, 5) is 43.8. The van der Waals surface area contributed by atoms with Gasteiger partial charge in [0, 0.05) is 16.9 Å². The van der Waals surface area contributed by atoms with E-state index in [9.17, 15) is 14.4 Å². The SMILES string of the molecule is CCOC(=O)c1sc2nc(SCc3cc(C(C)=O)ccc3OC)n(Cc3ccccc3)c(=O)c2c1C. The van der Waals surface area contributed by atoms with Crippen LogP contribution in [0.25, 0.3) is 10.2 Å². The van der Waals surface area contributed by atoms with Gasteiger partial charge in [0.25, 0.3) is 5.56 Å². The van der Waals surface area contributed by atoms with Gasteiger partial charge >= 0.3 is 5.97 Å². The van der Waals surface area contributed by atoms with Crippen molar-refractivity contribution in [1.29, 1.82) is 0 Å². The van der Waals surface area contributed by atoms with Crippen molar-refractivity contribution >= 4 is 45.1 Å². The minimum atomic E-state index is -0.452. The summed E-state index contributed by atoms with van der Waals surface area (Å²) in [7, 11) is 1.58. The molecule has 0 aliphatic carbocycles. The lowest BCUT2D eigenvalue weighted by Crippen LogP contribution is -2.24. The molecule has 4 aromatic rings. The van der Waals surface area contributed by atoms with Gasteiger partial charge in [-0.15, -0.1) is 11.3 Å². The zero-order valence-electron chi connectivity index (χ0n) is 20.5. The first kappa shape index (κ1) is 25.7. The molecule has 0 fully saturated rings. The molecule has 0 aliphatic rings. The maximum atomic E-state index is 13.7. The fraction of sp³-hybridized carbons (Fsp3) is 0.259. The Morgan fingerprint density at radius 2 is 1.89 bits per heavy atom. The monoisotopic (exact) mass is 522 g/mol. The van der Waals surface area contributed by atoms with Gasteiger partial charge in [0.2, 0.25) is 0 Å². The second kappa shape index (κ2) is 11.1. The van der Waals surface area contributed by atoms with Gasteiger partial charge < -0.3 is 9.47 Å². The number of hydrogen-bond donors (Lipinski definition) is 0. The van der Waals surface area contributed by atoms with E-state index in [4.69, 9.17) is 14.5 Å². The van der Waals surface area contributed by atoms with Gasteiger partial charge in [-0.05, 0) is 50.1 Å². The molecule has 186 valence electrons. The number of Topliss-reactive ketones (excluding diaryl/α,β-unsaturated/α-hetero) is 1. The van der Waals surface area contributed by atoms with Gasteiger partial charge in [0.05, 0.1) is 25.6 Å². The molecule has 0 amide bonds. The highest BCUT2D eigenvalue weighted by Gasteiger charge is 2.23. The predicted octanol–water partition coefficient (Wildman–Crippen LogP) is 5.49. The highest BCUT2D eigenvalue weighted by molar-refractivity contribution is 7.98. The molecular weight excluding hydrogens is 496 g/mol. The molecule has 0 saturated carbocycles. The quantitative estimate of drug-likeness (QED) is 0.124. The average molecular weight is 523 g/mol. The van der Waals surface area contributed by atoms with Crippen LogP contribution < -0.4 is 10.3 Å². The Labute approximate surface area is 217 Å². The summed E-state index contributed by atoms with van der Waals surface area (Å²) < 4.78 is 12.3. The number of nitrogens with zero attached hydrogens (tertiary/aromatic N) is 2. The van der Waals surface area contributed by atoms with E-state index in [0.717, 1.165) is 11.1 Å². The Morgan fingerprint density at radius 1 is 1.14 bits per heavy atom. The Bertz CT molecular complexity index is 1490. The molecule has 0 bridgehead atoms. The first-order valence-electron chi connectivity index (χ1n) is 11.4. The van der Waals surface area contributed by atoms with Crippen molar-refractivity contribution in [1.82, 2.24) is 9.55 Å². The number of carbonyl (C=O) groups excluding carboxylic acids is 2. The molecule has 0 saturated heterocycles. The first-order valence-corrected chi connectivity index (χ1v) is 13.2. The van der Waals surface area contributed by atoms with Crippen molar-refractivity contribution in [3.8, 4) is 5.75 Å². The molecule has 0 atom stereocenters. The summed E-state index contributed by atoms with van der Waals surface area (Å²) in [6, 6.07) is 15.0. The van der Waals surface area contributed by atoms with Crippen LogP contribution in [0.4, 0.5) is 0 Å². The lowest BCUT2D eigenvalue weighted by Gasteiger charge is -2.14. The molecule has 36 heavy (non-hydrogen) atoms. The molecule has 0 N–H and O–H groups in total. The number of carbonyl (C=O) groups is 2. The zero-order chi connectivity index (χ0) is 25.8. The van der Waals surface area contributed by atoms with Crippen LogP contribution in [0, 0.1) is 6.92 Å². The second-order valence-electron chi connectivity index (χ2n) is 8.10. The number of thioether (sulfide) groups is 1. The van der Waals surface area contributed by atoms with E-state index in [-0.39, 0.29) is 17.9 Å². The molecule has 4 rings (SSSR count). The van der Waals surface area contributed by atoms with E-state index in [0.29, 0.717) is 49.4 Å². The maximum absolute atomic E-state index is 13.7. The van der Waals surface area contributed by atoms with Crippen LogP contribution in [0.1, 0.15) is 50.6 Å². The molecular formula is C27H26N2O5S2. The van der Waals surface area contributed by atoms with E-state index in [2.05, 4.69) is 0 Å². The number of thiophene rings is 1. The highest BCUT2D eigenvalue weighted by Crippen LogP contribution is 2.32. The Balaban J connectivity index is 1.81. The summed E-state index contributed by atoms with van der Waals surface area (Å²) in [5, 5.41) is 0.947. The lowest BCUT2D eigenvalue weighted by molar-refractivity contribution is 0.0531. The molecule has 2 heterocycles. The van der Waals surface area contributed by atoms with Crippen molar-refractivity contribution in [2.45, 2.75) is 38.2 Å². The number of ketones is 1. The summed E-state index contributed by atoms with van der Waals surface area (Å²) in [5.74, 6) is 0.602. The van der Waals surface area contributed by atoms with E-state index < -0.39 is 5.97 Å². The molecule has 0 spiro atoms. The standard InChI is InChI=1S/C27H26N2O5S2/c1-5-34-26(32)23-16(2)22-24(36-23)28-27(29(25(22)31)14-18-9-7-6-8-10-18)35-15-20-13-19(17(3)30)11-12-21(20)33-4/h6-13H,5,14-15H2,1-4H3. The number of aryl methyl sites for hydroxylation is 1. The predicted molar refractivity (Wildman–Crippen MR) is 143 cm³/mol. The first-order chi connectivity index (χ1) is 17.3. The number of methoxy groups -OCH3 is 1. The van der Waals surface area contributed by atoms with Crippen LogP contribution in [0.2, 0.25) is 0 Å². The Morgan fingerprint density at radius 3 is 2.56 bits per heavy atom. The molecule has 2 aromatic carbocycles. The number of fused-ring (bicyclic) bond motifs is 1. The lowest BCUT2D eigenvalue weighted by atomic mass is 10.1. The highest BCUT2D eigenvalue weighted by atomic mass is 32.2. The van der Waals surface area contributed by atoms with Crippen molar-refractivity contribution < 1.29 is 19.1 Å². The largest absolute Gasteiger partial charge is 0.496 e. The van der Waals surface area contributed by atoms with Crippen molar-refractivity contribution in [2.24, 2.45) is 0 Å². The van der Waals surface area contributed by atoms with Gasteiger partial charge in [0.1, 0.15) is 15.5 Å². The minimum Gasteiger partial charge on any atom is -0.496 e. The summed E-state index contributed by atoms with van der Waals surface area (Å²) in [5.41, 5.74) is 2.74. The van der Waals surface area contributed by atoms with Gasteiger partial charge in [-0.2, -0.15) is 0 Å². The Kier molecular flexibility index (Phi) is 7.91. The normalized spacial score (nSPS) is 11.0. The van der Waals surface area contributed by atoms with E-state index in [1.54, 1.807) is 43.7 Å². The molecule has 0 radical (unpaired) electrons. The molecule has 9 heteroatoms. The van der Waals surface area contributed by atoms with Crippen LogP contribution in [0.15, 0.2) is 58.5 Å². The zero-order valence-corrected chi connectivity index (χ0v) is 22.1. The number of ether oxygens (including phenoxy) is 2. The molecule has 0 aliphatic heterocycles. The average Bonchev–Trinajstić information content (AvgIpc) is 3.21. The van der Waals surface area contributed by atoms with Crippen LogP contribution in [0.5, 0.6) is 5.75 Å². The third kappa shape index (κ3) is 5.22. The molecule has 2 aromatic heterocycles. The Hall–Kier alpha value is -3.43. The smallest absolute Gasteiger partial charge is 0.348 e. The minimum absolute atomic E-state index is 0.0370. The maximum Gasteiger partial charge on any atom is 0.348 e. The van der Waals surface area contributed by atoms with Gasteiger partial charge in [-0.3, -0.25) is 14.2 Å². The van der Waals surface area contributed by atoms with Crippen LogP contribution in [-0.2, 0) is 17.0 Å². The van der Waals surface area contributed by atoms with Crippen molar-refractivity contribution in [3.05, 3.63) is 86.0 Å². The third-order valence-corrected chi connectivity index (χ3v) is 7.89. The number of rotatable bonds is 9. The van der Waals surface area contributed by atoms with Crippen molar-refractivity contribution in [2.75, 3.05) is 13.7 Å². The number of hydrogen-bond acceptors (Lipinski definition) is 8. The van der Waals surface area contributed by atoms with E-state index in [1.807, 2.05) is 30.3 Å². The van der Waals surface area contributed by atoms with Crippen LogP contribution >= 0.6 is 23.1 Å².